The van der Waals surface area contributed by atoms with Crippen molar-refractivity contribution in [3.63, 3.8) is 0 Å². The summed E-state index contributed by atoms with van der Waals surface area (Å²) in [5.74, 6) is 0. The minimum atomic E-state index is 0.479. The van der Waals surface area contributed by atoms with E-state index < -0.39 is 0 Å². The maximum absolute atomic E-state index is 6.24. The van der Waals surface area contributed by atoms with Crippen LogP contribution in [0.4, 0.5) is 0 Å². The fourth-order valence-electron chi connectivity index (χ4n) is 2.06. The van der Waals surface area contributed by atoms with Crippen LogP contribution >= 0.6 is 22.9 Å². The van der Waals surface area contributed by atoms with Crippen molar-refractivity contribution in [1.82, 2.24) is 4.98 Å². The van der Waals surface area contributed by atoms with Crippen LogP contribution in [0.5, 0.6) is 0 Å². The molecule has 0 bridgehead atoms. The van der Waals surface area contributed by atoms with Crippen molar-refractivity contribution in [3.8, 4) is 21.8 Å². The first-order valence-corrected chi connectivity index (χ1v) is 7.49. The second-order valence-electron chi connectivity index (χ2n) is 4.34. The first-order valence-electron chi connectivity index (χ1n) is 6.29. The molecule has 20 heavy (non-hydrogen) atoms. The molecule has 0 saturated carbocycles. The Morgan fingerprint density at radius 2 is 1.70 bits per heavy atom. The van der Waals surface area contributed by atoms with Crippen molar-refractivity contribution in [3.05, 3.63) is 64.5 Å². The summed E-state index contributed by atoms with van der Waals surface area (Å²) in [6, 6.07) is 17.8. The highest BCUT2D eigenvalue weighted by atomic mass is 35.5. The van der Waals surface area contributed by atoms with Gasteiger partial charge in [0.15, 0.2) is 0 Å². The topological polar surface area (TPSA) is 38.9 Å². The zero-order valence-electron chi connectivity index (χ0n) is 10.7. The Morgan fingerprint density at radius 1 is 1.00 bits per heavy atom. The highest BCUT2D eigenvalue weighted by Gasteiger charge is 2.14. The van der Waals surface area contributed by atoms with Crippen LogP contribution in [0, 0.1) is 0 Å². The van der Waals surface area contributed by atoms with Crippen molar-refractivity contribution in [2.75, 3.05) is 0 Å². The first kappa shape index (κ1) is 13.3. The number of hydrogen-bond acceptors (Lipinski definition) is 3. The molecule has 0 spiro atoms. The number of nitrogens with zero attached hydrogens (tertiary/aromatic N) is 1. The van der Waals surface area contributed by atoms with Crippen molar-refractivity contribution < 1.29 is 0 Å². The summed E-state index contributed by atoms with van der Waals surface area (Å²) in [5, 5.41) is 1.62. The third-order valence-corrected chi connectivity index (χ3v) is 4.47. The monoisotopic (exact) mass is 300 g/mol. The van der Waals surface area contributed by atoms with Crippen LogP contribution in [0.2, 0.25) is 5.02 Å². The van der Waals surface area contributed by atoms with E-state index in [-0.39, 0.29) is 0 Å². The van der Waals surface area contributed by atoms with Crippen LogP contribution in [0.25, 0.3) is 21.8 Å². The molecule has 4 heteroatoms. The zero-order valence-corrected chi connectivity index (χ0v) is 12.3. The summed E-state index contributed by atoms with van der Waals surface area (Å²) in [7, 11) is 0. The van der Waals surface area contributed by atoms with E-state index in [2.05, 4.69) is 0 Å². The van der Waals surface area contributed by atoms with Crippen LogP contribution in [0.1, 0.15) is 4.88 Å². The minimum absolute atomic E-state index is 0.479. The van der Waals surface area contributed by atoms with E-state index >= 15 is 0 Å². The van der Waals surface area contributed by atoms with E-state index in [4.69, 9.17) is 22.3 Å². The van der Waals surface area contributed by atoms with Gasteiger partial charge >= 0.3 is 0 Å². The summed E-state index contributed by atoms with van der Waals surface area (Å²) in [6.45, 7) is 0.479. The highest BCUT2D eigenvalue weighted by Crippen LogP contribution is 2.36. The lowest BCUT2D eigenvalue weighted by Crippen LogP contribution is -1.95. The van der Waals surface area contributed by atoms with Gasteiger partial charge in [0.05, 0.1) is 10.7 Å². The van der Waals surface area contributed by atoms with E-state index in [0.717, 1.165) is 26.7 Å². The molecule has 0 fully saturated rings. The first-order chi connectivity index (χ1) is 9.79. The van der Waals surface area contributed by atoms with E-state index in [1.165, 1.54) is 0 Å². The molecule has 0 saturated heterocycles. The Morgan fingerprint density at radius 3 is 2.40 bits per heavy atom. The third kappa shape index (κ3) is 2.48. The van der Waals surface area contributed by atoms with Crippen LogP contribution in [-0.4, -0.2) is 4.98 Å². The molecule has 2 nitrogen and oxygen atoms in total. The molecule has 3 aromatic rings. The molecule has 3 rings (SSSR count). The molecule has 0 radical (unpaired) electrons. The highest BCUT2D eigenvalue weighted by molar-refractivity contribution is 7.15. The Balaban J connectivity index is 2.13. The average molecular weight is 301 g/mol. The van der Waals surface area contributed by atoms with Crippen molar-refractivity contribution in [1.29, 1.82) is 0 Å². The van der Waals surface area contributed by atoms with Gasteiger partial charge in [-0.3, -0.25) is 0 Å². The largest absolute Gasteiger partial charge is 0.326 e. The SMILES string of the molecule is NCc1sc(-c2ccccc2Cl)nc1-c1ccccc1. The van der Waals surface area contributed by atoms with Crippen LogP contribution in [-0.2, 0) is 6.54 Å². The van der Waals surface area contributed by atoms with Gasteiger partial charge in [0.2, 0.25) is 0 Å². The number of nitrogens with two attached hydrogens (primary N) is 1. The molecular weight excluding hydrogens is 288 g/mol. The van der Waals surface area contributed by atoms with E-state index in [1.807, 2.05) is 54.6 Å². The van der Waals surface area contributed by atoms with E-state index in [9.17, 15) is 0 Å². The number of rotatable bonds is 3. The third-order valence-electron chi connectivity index (χ3n) is 3.03. The Bertz CT molecular complexity index is 722. The molecule has 1 aromatic heterocycles. The van der Waals surface area contributed by atoms with Gasteiger partial charge in [0, 0.05) is 22.5 Å². The average Bonchev–Trinajstić information content (AvgIpc) is 2.92. The minimum Gasteiger partial charge on any atom is -0.326 e. The summed E-state index contributed by atoms with van der Waals surface area (Å²) < 4.78 is 0. The van der Waals surface area contributed by atoms with Gasteiger partial charge < -0.3 is 5.73 Å². The van der Waals surface area contributed by atoms with Gasteiger partial charge in [0.1, 0.15) is 5.01 Å². The maximum atomic E-state index is 6.24. The second-order valence-corrected chi connectivity index (χ2v) is 5.83. The molecule has 1 heterocycles. The predicted molar refractivity (Wildman–Crippen MR) is 85.9 cm³/mol. The summed E-state index contributed by atoms with van der Waals surface area (Å²) >= 11 is 7.85. The Kier molecular flexibility index (Phi) is 3.83. The van der Waals surface area contributed by atoms with Crippen molar-refractivity contribution in [2.45, 2.75) is 6.54 Å². The Hall–Kier alpha value is -1.68. The number of thiazole rings is 1. The number of halogens is 1. The van der Waals surface area contributed by atoms with Gasteiger partial charge in [-0.15, -0.1) is 11.3 Å². The van der Waals surface area contributed by atoms with Gasteiger partial charge in [-0.05, 0) is 6.07 Å². The van der Waals surface area contributed by atoms with E-state index in [0.29, 0.717) is 11.6 Å². The number of aromatic nitrogens is 1. The lowest BCUT2D eigenvalue weighted by Gasteiger charge is -1.99. The molecule has 2 N–H and O–H groups in total. The fourth-order valence-corrected chi connectivity index (χ4v) is 3.34. The normalized spacial score (nSPS) is 10.7. The van der Waals surface area contributed by atoms with Gasteiger partial charge in [0.25, 0.3) is 0 Å². The summed E-state index contributed by atoms with van der Waals surface area (Å²) in [6.07, 6.45) is 0. The summed E-state index contributed by atoms with van der Waals surface area (Å²) in [4.78, 5) is 5.81. The smallest absolute Gasteiger partial charge is 0.125 e. The molecular formula is C16H13ClN2S. The van der Waals surface area contributed by atoms with E-state index in [1.54, 1.807) is 11.3 Å². The molecule has 0 aliphatic rings. The van der Waals surface area contributed by atoms with Gasteiger partial charge in [-0.2, -0.15) is 0 Å². The fraction of sp³-hybridized carbons (Fsp3) is 0.0625. The van der Waals surface area contributed by atoms with Crippen LogP contribution in [0.15, 0.2) is 54.6 Å². The molecule has 2 aromatic carbocycles. The quantitative estimate of drug-likeness (QED) is 0.768. The molecule has 0 unspecified atom stereocenters. The molecule has 100 valence electrons. The lowest BCUT2D eigenvalue weighted by atomic mass is 10.1. The maximum Gasteiger partial charge on any atom is 0.125 e. The lowest BCUT2D eigenvalue weighted by molar-refractivity contribution is 1.10. The standard InChI is InChI=1S/C16H13ClN2S/c17-13-9-5-4-8-12(13)16-19-15(14(10-18)20-16)11-6-2-1-3-7-11/h1-9H,10,18H2. The Labute approximate surface area is 126 Å². The van der Waals surface area contributed by atoms with Crippen LogP contribution < -0.4 is 5.73 Å². The van der Waals surface area contributed by atoms with Crippen molar-refractivity contribution >= 4 is 22.9 Å². The number of hydrogen-bond donors (Lipinski definition) is 1. The molecule has 0 amide bonds. The molecule has 0 atom stereocenters. The summed E-state index contributed by atoms with van der Waals surface area (Å²) in [5.41, 5.74) is 8.85. The van der Waals surface area contributed by atoms with Gasteiger partial charge in [-0.1, -0.05) is 60.1 Å². The second kappa shape index (κ2) is 5.75. The van der Waals surface area contributed by atoms with Crippen molar-refractivity contribution in [2.24, 2.45) is 5.73 Å². The number of benzene rings is 2. The zero-order chi connectivity index (χ0) is 13.9. The predicted octanol–water partition coefficient (Wildman–Crippen LogP) is 4.59. The molecule has 0 aliphatic heterocycles. The van der Waals surface area contributed by atoms with Gasteiger partial charge in [-0.25, -0.2) is 4.98 Å². The molecule has 0 aliphatic carbocycles. The van der Waals surface area contributed by atoms with Crippen LogP contribution in [0.3, 0.4) is 0 Å².